The number of carbonyl (C=O) groups excluding carboxylic acids is 1. The highest BCUT2D eigenvalue weighted by Gasteiger charge is 2.27. The van der Waals surface area contributed by atoms with Gasteiger partial charge in [0.25, 0.3) is 0 Å². The fourth-order valence-corrected chi connectivity index (χ4v) is 2.06. The maximum absolute atomic E-state index is 11.4. The summed E-state index contributed by atoms with van der Waals surface area (Å²) in [6.45, 7) is 2.78. The molecule has 3 heteroatoms. The summed E-state index contributed by atoms with van der Waals surface area (Å²) in [5, 5.41) is 0. The zero-order chi connectivity index (χ0) is 10.8. The molecule has 0 aromatic heterocycles. The first-order chi connectivity index (χ1) is 7.24. The van der Waals surface area contributed by atoms with Crippen molar-refractivity contribution in [3.8, 4) is 0 Å². The average molecular weight is 205 g/mol. The molecule has 1 aliphatic heterocycles. The number of methoxy groups -OCH3 is 1. The fraction of sp³-hybridized carbons (Fsp3) is 0.417. The highest BCUT2D eigenvalue weighted by Crippen LogP contribution is 2.29. The number of ether oxygens (including phenoxy) is 1. The van der Waals surface area contributed by atoms with Crippen molar-refractivity contribution in [2.75, 3.05) is 18.6 Å². The monoisotopic (exact) mass is 205 g/mol. The summed E-state index contributed by atoms with van der Waals surface area (Å²) in [6.07, 6.45) is 1.01. The van der Waals surface area contributed by atoms with Gasteiger partial charge in [0.05, 0.1) is 7.11 Å². The number of benzene rings is 1. The molecule has 0 radical (unpaired) electrons. The molecule has 1 atom stereocenters. The van der Waals surface area contributed by atoms with Crippen molar-refractivity contribution >= 4 is 11.7 Å². The summed E-state index contributed by atoms with van der Waals surface area (Å²) in [5.41, 5.74) is 2.48. The van der Waals surface area contributed by atoms with Crippen LogP contribution in [0.3, 0.4) is 0 Å². The van der Waals surface area contributed by atoms with E-state index >= 15 is 0 Å². The quantitative estimate of drug-likeness (QED) is 0.687. The van der Waals surface area contributed by atoms with Crippen molar-refractivity contribution in [2.24, 2.45) is 0 Å². The fourth-order valence-electron chi connectivity index (χ4n) is 2.06. The van der Waals surface area contributed by atoms with Crippen LogP contribution in [0.5, 0.6) is 0 Å². The van der Waals surface area contributed by atoms with Crippen molar-refractivity contribution in [2.45, 2.75) is 19.4 Å². The molecule has 1 heterocycles. The van der Waals surface area contributed by atoms with E-state index in [1.54, 1.807) is 0 Å². The van der Waals surface area contributed by atoms with Crippen LogP contribution in [0.1, 0.15) is 12.5 Å². The van der Waals surface area contributed by atoms with Gasteiger partial charge in [-0.2, -0.15) is 0 Å². The zero-order valence-corrected chi connectivity index (χ0v) is 9.06. The zero-order valence-electron chi connectivity index (χ0n) is 9.06. The highest BCUT2D eigenvalue weighted by molar-refractivity contribution is 5.80. The van der Waals surface area contributed by atoms with Crippen molar-refractivity contribution in [3.63, 3.8) is 0 Å². The molecule has 0 fully saturated rings. The minimum Gasteiger partial charge on any atom is -0.467 e. The van der Waals surface area contributed by atoms with E-state index in [0.29, 0.717) is 0 Å². The van der Waals surface area contributed by atoms with E-state index < -0.39 is 0 Å². The third-order valence-electron chi connectivity index (χ3n) is 2.93. The van der Waals surface area contributed by atoms with Gasteiger partial charge in [0.2, 0.25) is 0 Å². The van der Waals surface area contributed by atoms with Gasteiger partial charge in [-0.25, -0.2) is 4.79 Å². The van der Waals surface area contributed by atoms with Crippen molar-refractivity contribution in [1.29, 1.82) is 0 Å². The molecule has 1 aliphatic rings. The van der Waals surface area contributed by atoms with Crippen LogP contribution >= 0.6 is 0 Å². The van der Waals surface area contributed by atoms with Crippen LogP contribution in [0.15, 0.2) is 24.3 Å². The summed E-state index contributed by atoms with van der Waals surface area (Å²) in [5.74, 6) is -0.174. The van der Waals surface area contributed by atoms with Gasteiger partial charge in [-0.1, -0.05) is 18.2 Å². The van der Waals surface area contributed by atoms with E-state index in [1.807, 2.05) is 19.1 Å². The van der Waals surface area contributed by atoms with E-state index in [9.17, 15) is 4.79 Å². The first-order valence-electron chi connectivity index (χ1n) is 5.16. The number of rotatable bonds is 2. The summed E-state index contributed by atoms with van der Waals surface area (Å²) in [6, 6.07) is 8.01. The molecular formula is C12H15NO2. The van der Waals surface area contributed by atoms with Gasteiger partial charge in [-0.15, -0.1) is 0 Å². The SMILES string of the molecule is COC(=O)C(C)N1CCc2ccccc21. The van der Waals surface area contributed by atoms with Gasteiger partial charge in [0.15, 0.2) is 0 Å². The molecule has 1 unspecified atom stereocenters. The Balaban J connectivity index is 2.24. The number of esters is 1. The molecule has 3 nitrogen and oxygen atoms in total. The molecule has 0 saturated carbocycles. The predicted molar refractivity (Wildman–Crippen MR) is 59.0 cm³/mol. The van der Waals surface area contributed by atoms with Crippen LogP contribution in [-0.4, -0.2) is 25.7 Å². The van der Waals surface area contributed by atoms with E-state index in [0.717, 1.165) is 18.7 Å². The summed E-state index contributed by atoms with van der Waals surface area (Å²) < 4.78 is 4.76. The van der Waals surface area contributed by atoms with Crippen LogP contribution < -0.4 is 4.90 Å². The normalized spacial score (nSPS) is 16.0. The maximum atomic E-state index is 11.4. The first-order valence-corrected chi connectivity index (χ1v) is 5.16. The van der Waals surface area contributed by atoms with Crippen LogP contribution in [-0.2, 0) is 16.0 Å². The summed E-state index contributed by atoms with van der Waals surface area (Å²) >= 11 is 0. The number of carbonyl (C=O) groups is 1. The number of anilines is 1. The third kappa shape index (κ3) is 1.69. The first kappa shape index (κ1) is 10.0. The van der Waals surface area contributed by atoms with E-state index in [4.69, 9.17) is 4.74 Å². The third-order valence-corrected chi connectivity index (χ3v) is 2.93. The van der Waals surface area contributed by atoms with Gasteiger partial charge >= 0.3 is 5.97 Å². The lowest BCUT2D eigenvalue weighted by Gasteiger charge is -2.24. The van der Waals surface area contributed by atoms with E-state index in [-0.39, 0.29) is 12.0 Å². The lowest BCUT2D eigenvalue weighted by Crippen LogP contribution is -2.38. The highest BCUT2D eigenvalue weighted by atomic mass is 16.5. The molecule has 0 N–H and O–H groups in total. The lowest BCUT2D eigenvalue weighted by atomic mass is 10.2. The molecule has 80 valence electrons. The standard InChI is InChI=1S/C12H15NO2/c1-9(12(14)15-2)13-8-7-10-5-3-4-6-11(10)13/h3-6,9H,7-8H2,1-2H3. The summed E-state index contributed by atoms with van der Waals surface area (Å²) in [4.78, 5) is 13.5. The Morgan fingerprint density at radius 1 is 1.47 bits per heavy atom. The van der Waals surface area contributed by atoms with E-state index in [2.05, 4.69) is 17.0 Å². The minimum absolute atomic E-state index is 0.174. The predicted octanol–water partition coefficient (Wildman–Crippen LogP) is 1.61. The molecule has 15 heavy (non-hydrogen) atoms. The minimum atomic E-state index is -0.196. The molecular weight excluding hydrogens is 190 g/mol. The number of para-hydroxylation sites is 1. The Labute approximate surface area is 89.7 Å². The van der Waals surface area contributed by atoms with Gasteiger partial charge in [0.1, 0.15) is 6.04 Å². The Bertz CT molecular complexity index is 376. The Hall–Kier alpha value is -1.51. The van der Waals surface area contributed by atoms with Crippen LogP contribution in [0, 0.1) is 0 Å². The van der Waals surface area contributed by atoms with Crippen LogP contribution in [0.2, 0.25) is 0 Å². The van der Waals surface area contributed by atoms with Gasteiger partial charge in [-0.05, 0) is 25.0 Å². The van der Waals surface area contributed by atoms with Gasteiger partial charge < -0.3 is 9.64 Å². The van der Waals surface area contributed by atoms with Crippen molar-refractivity contribution in [3.05, 3.63) is 29.8 Å². The largest absolute Gasteiger partial charge is 0.467 e. The number of nitrogens with zero attached hydrogens (tertiary/aromatic N) is 1. The molecule has 1 aromatic carbocycles. The molecule has 1 aromatic rings. The van der Waals surface area contributed by atoms with Gasteiger partial charge in [-0.3, -0.25) is 0 Å². The Morgan fingerprint density at radius 2 is 2.20 bits per heavy atom. The van der Waals surface area contributed by atoms with E-state index in [1.165, 1.54) is 12.7 Å². The molecule has 0 amide bonds. The topological polar surface area (TPSA) is 29.5 Å². The Morgan fingerprint density at radius 3 is 2.93 bits per heavy atom. The van der Waals surface area contributed by atoms with Crippen molar-refractivity contribution in [1.82, 2.24) is 0 Å². The molecule has 0 saturated heterocycles. The molecule has 0 spiro atoms. The Kier molecular flexibility index (Phi) is 2.62. The number of hydrogen-bond donors (Lipinski definition) is 0. The van der Waals surface area contributed by atoms with Crippen LogP contribution in [0.25, 0.3) is 0 Å². The smallest absolute Gasteiger partial charge is 0.328 e. The van der Waals surface area contributed by atoms with Crippen LogP contribution in [0.4, 0.5) is 5.69 Å². The maximum Gasteiger partial charge on any atom is 0.328 e. The molecule has 2 rings (SSSR count). The second kappa shape index (κ2) is 3.93. The van der Waals surface area contributed by atoms with Crippen molar-refractivity contribution < 1.29 is 9.53 Å². The number of fused-ring (bicyclic) bond motifs is 1. The lowest BCUT2D eigenvalue weighted by molar-refractivity contribution is -0.141. The second-order valence-corrected chi connectivity index (χ2v) is 3.77. The summed E-state index contributed by atoms with van der Waals surface area (Å²) in [7, 11) is 1.43. The second-order valence-electron chi connectivity index (χ2n) is 3.77. The number of hydrogen-bond acceptors (Lipinski definition) is 3. The molecule has 0 aliphatic carbocycles. The molecule has 0 bridgehead atoms. The van der Waals surface area contributed by atoms with Gasteiger partial charge in [0, 0.05) is 12.2 Å². The average Bonchev–Trinajstić information content (AvgIpc) is 2.70.